The van der Waals surface area contributed by atoms with Crippen LogP contribution in [0.15, 0.2) is 89.8 Å². The molecule has 0 saturated carbocycles. The first kappa shape index (κ1) is 34.6. The van der Waals surface area contributed by atoms with Crippen molar-refractivity contribution in [1.82, 2.24) is 14.9 Å². The van der Waals surface area contributed by atoms with Gasteiger partial charge in [0.05, 0.1) is 18.6 Å². The van der Waals surface area contributed by atoms with Gasteiger partial charge in [-0.2, -0.15) is 4.31 Å². The van der Waals surface area contributed by atoms with Gasteiger partial charge in [0, 0.05) is 29.7 Å². The first-order valence-corrected chi connectivity index (χ1v) is 16.2. The normalized spacial score (nSPS) is 13.8. The highest BCUT2D eigenvalue weighted by atomic mass is 32.2. The summed E-state index contributed by atoms with van der Waals surface area (Å²) in [5, 5.41) is 16.0. The number of benzene rings is 3. The standard InChI is InChI=1S/C33H44N4O6S/c1-23(2)37(44(41,42)29-20-18-27(34)19-21-29)28(22-38)17-11-12-24(3)35-32(39)31(36-33(40)43-4)30(25-13-7-5-8-14-25)26-15-9-6-10-16-26/h5-10,13-16,18-21,23-24,28,30-31,38H,11-12,17,22,34H2,1-4H3,(H,35,39)(H,36,40). The molecule has 5 N–H and O–H groups in total. The van der Waals surface area contributed by atoms with E-state index in [-0.39, 0.29) is 23.5 Å². The number of alkyl carbamates (subject to hydrolysis) is 1. The van der Waals surface area contributed by atoms with Gasteiger partial charge in [0.25, 0.3) is 0 Å². The lowest BCUT2D eigenvalue weighted by Crippen LogP contribution is -2.52. The fraction of sp³-hybridized carbons (Fsp3) is 0.394. The predicted molar refractivity (Wildman–Crippen MR) is 171 cm³/mol. The summed E-state index contributed by atoms with van der Waals surface area (Å²) in [5.41, 5.74) is 7.90. The summed E-state index contributed by atoms with van der Waals surface area (Å²) < 4.78 is 33.2. The number of hydrogen-bond donors (Lipinski definition) is 4. The molecule has 0 radical (unpaired) electrons. The summed E-state index contributed by atoms with van der Waals surface area (Å²) >= 11 is 0. The van der Waals surface area contributed by atoms with Gasteiger partial charge in [-0.25, -0.2) is 13.2 Å². The second-order valence-electron chi connectivity index (χ2n) is 11.1. The van der Waals surface area contributed by atoms with Crippen LogP contribution in [-0.2, 0) is 19.6 Å². The zero-order valence-corrected chi connectivity index (χ0v) is 26.5. The monoisotopic (exact) mass is 624 g/mol. The van der Waals surface area contributed by atoms with Crippen molar-refractivity contribution in [3.05, 3.63) is 96.1 Å². The Hall–Kier alpha value is -3.93. The smallest absolute Gasteiger partial charge is 0.407 e. The summed E-state index contributed by atoms with van der Waals surface area (Å²) in [6, 6.07) is 22.6. The molecule has 0 aliphatic rings. The lowest BCUT2D eigenvalue weighted by molar-refractivity contribution is -0.124. The summed E-state index contributed by atoms with van der Waals surface area (Å²) in [6.45, 7) is 5.04. The second kappa shape index (κ2) is 16.2. The Balaban J connectivity index is 1.74. The van der Waals surface area contributed by atoms with E-state index in [2.05, 4.69) is 10.6 Å². The molecule has 10 nitrogen and oxygen atoms in total. The molecule has 44 heavy (non-hydrogen) atoms. The molecule has 3 rings (SSSR count). The van der Waals surface area contributed by atoms with E-state index in [1.807, 2.05) is 67.6 Å². The molecular weight excluding hydrogens is 580 g/mol. The number of carbonyl (C=O) groups is 2. The van der Waals surface area contributed by atoms with E-state index in [1.54, 1.807) is 13.8 Å². The number of aliphatic hydroxyl groups excluding tert-OH is 1. The van der Waals surface area contributed by atoms with Gasteiger partial charge in [-0.05, 0) is 75.4 Å². The summed E-state index contributed by atoms with van der Waals surface area (Å²) in [4.78, 5) is 26.2. The van der Waals surface area contributed by atoms with E-state index in [0.29, 0.717) is 24.9 Å². The van der Waals surface area contributed by atoms with Gasteiger partial charge < -0.3 is 26.2 Å². The first-order chi connectivity index (χ1) is 21.0. The maximum absolute atomic E-state index is 13.7. The molecule has 0 spiro atoms. The number of nitrogens with one attached hydrogen (secondary N) is 2. The van der Waals surface area contributed by atoms with Crippen molar-refractivity contribution in [2.24, 2.45) is 0 Å². The minimum atomic E-state index is -3.89. The molecule has 0 aliphatic heterocycles. The van der Waals surface area contributed by atoms with Crippen LogP contribution in [0, 0.1) is 0 Å². The van der Waals surface area contributed by atoms with Gasteiger partial charge >= 0.3 is 6.09 Å². The van der Waals surface area contributed by atoms with E-state index in [1.165, 1.54) is 35.7 Å². The highest BCUT2D eigenvalue weighted by Crippen LogP contribution is 2.29. The Morgan fingerprint density at radius 1 is 0.864 bits per heavy atom. The molecule has 0 heterocycles. The van der Waals surface area contributed by atoms with Crippen molar-refractivity contribution in [3.8, 4) is 0 Å². The molecule has 0 saturated heterocycles. The zero-order chi connectivity index (χ0) is 32.3. The predicted octanol–water partition coefficient (Wildman–Crippen LogP) is 4.26. The first-order valence-electron chi connectivity index (χ1n) is 14.7. The topological polar surface area (TPSA) is 151 Å². The molecule has 3 atom stereocenters. The van der Waals surface area contributed by atoms with Crippen LogP contribution in [0.2, 0.25) is 0 Å². The van der Waals surface area contributed by atoms with Crippen molar-refractivity contribution in [2.45, 2.75) is 75.0 Å². The van der Waals surface area contributed by atoms with Gasteiger partial charge in [-0.15, -0.1) is 0 Å². The minimum absolute atomic E-state index is 0.106. The van der Waals surface area contributed by atoms with Gasteiger partial charge in [0.2, 0.25) is 15.9 Å². The number of sulfonamides is 1. The third-order valence-electron chi connectivity index (χ3n) is 7.49. The number of rotatable bonds is 15. The van der Waals surface area contributed by atoms with Crippen LogP contribution in [0.25, 0.3) is 0 Å². The molecular formula is C33H44N4O6S. The number of aliphatic hydroxyl groups is 1. The quantitative estimate of drug-likeness (QED) is 0.185. The van der Waals surface area contributed by atoms with Crippen molar-refractivity contribution in [2.75, 3.05) is 19.5 Å². The molecule has 0 aromatic heterocycles. The van der Waals surface area contributed by atoms with E-state index < -0.39 is 40.2 Å². The lowest BCUT2D eigenvalue weighted by atomic mass is 9.84. The number of methoxy groups -OCH3 is 1. The molecule has 3 unspecified atom stereocenters. The Morgan fingerprint density at radius 2 is 1.41 bits per heavy atom. The number of nitrogen functional groups attached to an aromatic ring is 1. The van der Waals surface area contributed by atoms with Gasteiger partial charge in [0.1, 0.15) is 6.04 Å². The number of anilines is 1. The van der Waals surface area contributed by atoms with Gasteiger partial charge in [-0.1, -0.05) is 60.7 Å². The zero-order valence-electron chi connectivity index (χ0n) is 25.7. The van der Waals surface area contributed by atoms with Crippen molar-refractivity contribution in [1.29, 1.82) is 0 Å². The lowest BCUT2D eigenvalue weighted by Gasteiger charge is -2.33. The van der Waals surface area contributed by atoms with E-state index in [4.69, 9.17) is 10.5 Å². The molecule has 0 fully saturated rings. The fourth-order valence-electron chi connectivity index (χ4n) is 5.40. The SMILES string of the molecule is COC(=O)NC(C(=O)NC(C)CCCC(CO)N(C(C)C)S(=O)(=O)c1ccc(N)cc1)C(c1ccccc1)c1ccccc1. The number of nitrogens with two attached hydrogens (primary N) is 1. The summed E-state index contributed by atoms with van der Waals surface area (Å²) in [6.07, 6.45) is 0.700. The number of nitrogens with zero attached hydrogens (tertiary/aromatic N) is 1. The Morgan fingerprint density at radius 3 is 1.89 bits per heavy atom. The summed E-state index contributed by atoms with van der Waals surface area (Å²) in [5.74, 6) is -0.866. The Bertz CT molecular complexity index is 1400. The van der Waals surface area contributed by atoms with Crippen molar-refractivity contribution in [3.63, 3.8) is 0 Å². The molecule has 0 bridgehead atoms. The van der Waals surface area contributed by atoms with E-state index in [9.17, 15) is 23.1 Å². The van der Waals surface area contributed by atoms with Crippen LogP contribution in [0.1, 0.15) is 57.1 Å². The third-order valence-corrected chi connectivity index (χ3v) is 9.63. The molecule has 11 heteroatoms. The van der Waals surface area contributed by atoms with Crippen LogP contribution in [0.4, 0.5) is 10.5 Å². The fourth-order valence-corrected chi connectivity index (χ4v) is 7.25. The Labute approximate surface area is 260 Å². The largest absolute Gasteiger partial charge is 0.453 e. The maximum atomic E-state index is 13.7. The van der Waals surface area contributed by atoms with Crippen LogP contribution in [0.3, 0.4) is 0 Å². The number of ether oxygens (including phenoxy) is 1. The van der Waals surface area contributed by atoms with Crippen molar-refractivity contribution < 1.29 is 27.9 Å². The average molecular weight is 625 g/mol. The number of carbonyl (C=O) groups excluding carboxylic acids is 2. The number of amides is 2. The van der Waals surface area contributed by atoms with Gasteiger partial charge in [0.15, 0.2) is 0 Å². The highest BCUT2D eigenvalue weighted by Gasteiger charge is 2.35. The molecule has 3 aromatic carbocycles. The molecule has 0 aliphatic carbocycles. The average Bonchev–Trinajstić information content (AvgIpc) is 3.01. The molecule has 2 amide bonds. The van der Waals surface area contributed by atoms with Crippen LogP contribution in [-0.4, -0.2) is 67.7 Å². The minimum Gasteiger partial charge on any atom is -0.453 e. The number of hydrogen-bond acceptors (Lipinski definition) is 7. The maximum Gasteiger partial charge on any atom is 0.407 e. The van der Waals surface area contributed by atoms with Crippen LogP contribution < -0.4 is 16.4 Å². The highest BCUT2D eigenvalue weighted by molar-refractivity contribution is 7.89. The summed E-state index contributed by atoms with van der Waals surface area (Å²) in [7, 11) is -2.64. The van der Waals surface area contributed by atoms with Gasteiger partial charge in [-0.3, -0.25) is 4.79 Å². The molecule has 3 aromatic rings. The van der Waals surface area contributed by atoms with Crippen LogP contribution in [0.5, 0.6) is 0 Å². The Kier molecular flexibility index (Phi) is 12.7. The van der Waals surface area contributed by atoms with E-state index >= 15 is 0 Å². The van der Waals surface area contributed by atoms with Crippen molar-refractivity contribution >= 4 is 27.7 Å². The third kappa shape index (κ3) is 9.04. The molecule has 238 valence electrons. The van der Waals surface area contributed by atoms with Crippen LogP contribution >= 0.6 is 0 Å². The second-order valence-corrected chi connectivity index (χ2v) is 12.9. The van der Waals surface area contributed by atoms with E-state index in [0.717, 1.165) is 11.1 Å².